The summed E-state index contributed by atoms with van der Waals surface area (Å²) >= 11 is 0. The highest BCUT2D eigenvalue weighted by molar-refractivity contribution is 5.91. The summed E-state index contributed by atoms with van der Waals surface area (Å²) in [5.41, 5.74) is 2.10. The van der Waals surface area contributed by atoms with Gasteiger partial charge in [0, 0.05) is 17.7 Å². The minimum atomic E-state index is -0.0793. The molecule has 0 saturated carbocycles. The highest BCUT2D eigenvalue weighted by Crippen LogP contribution is 2.11. The fourth-order valence-corrected chi connectivity index (χ4v) is 1.79. The van der Waals surface area contributed by atoms with E-state index in [-0.39, 0.29) is 11.8 Å². The van der Waals surface area contributed by atoms with Crippen LogP contribution in [0.15, 0.2) is 36.4 Å². The number of aryl methyl sites for hydroxylation is 1. The second-order valence-electron chi connectivity index (χ2n) is 4.52. The number of hydrogen-bond acceptors (Lipinski definition) is 2. The third-order valence-electron chi connectivity index (χ3n) is 2.79. The molecule has 4 nitrogen and oxygen atoms in total. The average molecular weight is 243 g/mol. The number of carbonyl (C=O) groups is 1. The van der Waals surface area contributed by atoms with Crippen molar-refractivity contribution in [3.63, 3.8) is 0 Å². The lowest BCUT2D eigenvalue weighted by molar-refractivity contribution is -0.119. The second kappa shape index (κ2) is 5.49. The Kier molecular flexibility index (Phi) is 3.77. The number of benzene rings is 1. The maximum absolute atomic E-state index is 12.0. The van der Waals surface area contributed by atoms with Crippen LogP contribution < -0.4 is 5.32 Å². The number of H-pyrrole nitrogens is 1. The Labute approximate surface area is 106 Å². The molecule has 0 bridgehead atoms. The minimum absolute atomic E-state index is 0.00893. The standard InChI is InChI=1S/C14H17N3O/c1-10(8-12-6-4-3-5-7-12)14(18)15-13-9-11(2)16-17-13/h3-7,9-10H,8H2,1-2H3,(H2,15,16,17,18)/t10-/m1/s1. The van der Waals surface area contributed by atoms with Crippen molar-refractivity contribution in [2.45, 2.75) is 20.3 Å². The van der Waals surface area contributed by atoms with Gasteiger partial charge in [-0.25, -0.2) is 0 Å². The van der Waals surface area contributed by atoms with Gasteiger partial charge in [-0.05, 0) is 18.9 Å². The zero-order chi connectivity index (χ0) is 13.0. The van der Waals surface area contributed by atoms with E-state index in [1.807, 2.05) is 50.2 Å². The Hall–Kier alpha value is -2.10. The van der Waals surface area contributed by atoms with Gasteiger partial charge in [0.05, 0.1) is 0 Å². The molecule has 4 heteroatoms. The Balaban J connectivity index is 1.93. The van der Waals surface area contributed by atoms with Crippen molar-refractivity contribution in [1.29, 1.82) is 0 Å². The molecule has 2 aromatic rings. The molecule has 18 heavy (non-hydrogen) atoms. The number of aromatic amines is 1. The summed E-state index contributed by atoms with van der Waals surface area (Å²) in [5, 5.41) is 9.59. The summed E-state index contributed by atoms with van der Waals surface area (Å²) < 4.78 is 0. The monoisotopic (exact) mass is 243 g/mol. The van der Waals surface area contributed by atoms with Gasteiger partial charge in [0.25, 0.3) is 0 Å². The van der Waals surface area contributed by atoms with Crippen molar-refractivity contribution in [3.8, 4) is 0 Å². The summed E-state index contributed by atoms with van der Waals surface area (Å²) in [7, 11) is 0. The van der Waals surface area contributed by atoms with E-state index in [0.29, 0.717) is 5.82 Å². The van der Waals surface area contributed by atoms with Gasteiger partial charge in [0.1, 0.15) is 0 Å². The van der Waals surface area contributed by atoms with Crippen LogP contribution >= 0.6 is 0 Å². The van der Waals surface area contributed by atoms with Crippen LogP contribution in [-0.2, 0) is 11.2 Å². The molecular formula is C14H17N3O. The molecule has 1 atom stereocenters. The van der Waals surface area contributed by atoms with E-state index in [1.54, 1.807) is 0 Å². The summed E-state index contributed by atoms with van der Waals surface area (Å²) in [4.78, 5) is 12.0. The topological polar surface area (TPSA) is 57.8 Å². The second-order valence-corrected chi connectivity index (χ2v) is 4.52. The highest BCUT2D eigenvalue weighted by atomic mass is 16.1. The number of carbonyl (C=O) groups excluding carboxylic acids is 1. The van der Waals surface area contributed by atoms with Crippen molar-refractivity contribution >= 4 is 11.7 Å². The van der Waals surface area contributed by atoms with Gasteiger partial charge < -0.3 is 5.32 Å². The van der Waals surface area contributed by atoms with Crippen LogP contribution in [0.25, 0.3) is 0 Å². The van der Waals surface area contributed by atoms with E-state index in [4.69, 9.17) is 0 Å². The van der Waals surface area contributed by atoms with Gasteiger partial charge >= 0.3 is 0 Å². The van der Waals surface area contributed by atoms with Crippen LogP contribution in [0.5, 0.6) is 0 Å². The average Bonchev–Trinajstić information content (AvgIpc) is 2.76. The molecule has 0 aliphatic heterocycles. The fourth-order valence-electron chi connectivity index (χ4n) is 1.79. The van der Waals surface area contributed by atoms with Crippen LogP contribution in [-0.4, -0.2) is 16.1 Å². The van der Waals surface area contributed by atoms with E-state index in [0.717, 1.165) is 12.1 Å². The number of aromatic nitrogens is 2. The predicted octanol–water partition coefficient (Wildman–Crippen LogP) is 2.54. The van der Waals surface area contributed by atoms with Gasteiger partial charge in [0.15, 0.2) is 5.82 Å². The van der Waals surface area contributed by atoms with Gasteiger partial charge in [-0.3, -0.25) is 9.89 Å². The molecule has 0 aliphatic carbocycles. The number of nitrogens with one attached hydrogen (secondary N) is 2. The number of nitrogens with zero attached hydrogens (tertiary/aromatic N) is 1. The zero-order valence-corrected chi connectivity index (χ0v) is 10.6. The quantitative estimate of drug-likeness (QED) is 0.867. The maximum atomic E-state index is 12.0. The maximum Gasteiger partial charge on any atom is 0.228 e. The lowest BCUT2D eigenvalue weighted by Gasteiger charge is -2.10. The number of rotatable bonds is 4. The van der Waals surface area contributed by atoms with Crippen LogP contribution in [0.2, 0.25) is 0 Å². The predicted molar refractivity (Wildman–Crippen MR) is 71.3 cm³/mol. The van der Waals surface area contributed by atoms with Crippen LogP contribution in [0.3, 0.4) is 0 Å². The van der Waals surface area contributed by atoms with Crippen LogP contribution in [0.1, 0.15) is 18.2 Å². The molecule has 0 unspecified atom stereocenters. The molecule has 0 fully saturated rings. The molecule has 1 aromatic heterocycles. The Bertz CT molecular complexity index is 519. The lowest BCUT2D eigenvalue weighted by atomic mass is 10.0. The highest BCUT2D eigenvalue weighted by Gasteiger charge is 2.14. The van der Waals surface area contributed by atoms with Crippen molar-refractivity contribution in [2.75, 3.05) is 5.32 Å². The van der Waals surface area contributed by atoms with Gasteiger partial charge in [0.2, 0.25) is 5.91 Å². The minimum Gasteiger partial charge on any atom is -0.309 e. The first-order valence-corrected chi connectivity index (χ1v) is 6.02. The van der Waals surface area contributed by atoms with E-state index in [9.17, 15) is 4.79 Å². The lowest BCUT2D eigenvalue weighted by Crippen LogP contribution is -2.22. The molecule has 1 amide bonds. The van der Waals surface area contributed by atoms with Crippen molar-refractivity contribution in [3.05, 3.63) is 47.7 Å². The first-order valence-electron chi connectivity index (χ1n) is 6.02. The molecule has 2 rings (SSSR count). The third kappa shape index (κ3) is 3.20. The Morgan fingerprint density at radius 2 is 2.11 bits per heavy atom. The van der Waals surface area contributed by atoms with Crippen LogP contribution in [0.4, 0.5) is 5.82 Å². The summed E-state index contributed by atoms with van der Waals surface area (Å²) in [6.07, 6.45) is 0.732. The molecule has 94 valence electrons. The zero-order valence-electron chi connectivity index (χ0n) is 10.6. The van der Waals surface area contributed by atoms with Gasteiger partial charge in [-0.1, -0.05) is 37.3 Å². The normalized spacial score (nSPS) is 12.1. The molecule has 0 spiro atoms. The first kappa shape index (κ1) is 12.4. The van der Waals surface area contributed by atoms with E-state index in [2.05, 4.69) is 15.5 Å². The van der Waals surface area contributed by atoms with E-state index < -0.39 is 0 Å². The molecule has 2 N–H and O–H groups in total. The van der Waals surface area contributed by atoms with Crippen LogP contribution in [0, 0.1) is 12.8 Å². The summed E-state index contributed by atoms with van der Waals surface area (Å²) in [6.45, 7) is 3.82. The Morgan fingerprint density at radius 1 is 1.39 bits per heavy atom. The summed E-state index contributed by atoms with van der Waals surface area (Å²) in [6, 6.07) is 11.8. The summed E-state index contributed by atoms with van der Waals surface area (Å²) in [5.74, 6) is 0.493. The van der Waals surface area contributed by atoms with Crippen molar-refractivity contribution < 1.29 is 4.79 Å². The smallest absolute Gasteiger partial charge is 0.228 e. The molecule has 1 aromatic carbocycles. The number of amides is 1. The van der Waals surface area contributed by atoms with E-state index in [1.165, 1.54) is 5.56 Å². The Morgan fingerprint density at radius 3 is 2.72 bits per heavy atom. The largest absolute Gasteiger partial charge is 0.309 e. The van der Waals surface area contributed by atoms with Crippen molar-refractivity contribution in [2.24, 2.45) is 5.92 Å². The molecule has 1 heterocycles. The molecule has 0 aliphatic rings. The first-order chi connectivity index (χ1) is 8.65. The number of hydrogen-bond donors (Lipinski definition) is 2. The van der Waals surface area contributed by atoms with Gasteiger partial charge in [-0.2, -0.15) is 5.10 Å². The van der Waals surface area contributed by atoms with E-state index >= 15 is 0 Å². The molecular weight excluding hydrogens is 226 g/mol. The number of anilines is 1. The fraction of sp³-hybridized carbons (Fsp3) is 0.286. The van der Waals surface area contributed by atoms with Crippen molar-refractivity contribution in [1.82, 2.24) is 10.2 Å². The molecule has 0 saturated heterocycles. The van der Waals surface area contributed by atoms with Gasteiger partial charge in [-0.15, -0.1) is 0 Å². The SMILES string of the molecule is Cc1cc(NC(=O)[C@H](C)Cc2ccccc2)n[nH]1. The third-order valence-corrected chi connectivity index (χ3v) is 2.79. The molecule has 0 radical (unpaired) electrons.